The lowest BCUT2D eigenvalue weighted by Gasteiger charge is -2.14. The third kappa shape index (κ3) is 2.62. The molecule has 0 spiro atoms. The van der Waals surface area contributed by atoms with E-state index in [4.69, 9.17) is 9.84 Å². The van der Waals surface area contributed by atoms with Crippen LogP contribution in [0.5, 0.6) is 5.75 Å². The number of β-amino-alcohol motifs (C(OH)–C–C–N with tert-alkyl or cyclic N) is 1. The molecule has 2 rings (SSSR count). The monoisotopic (exact) mass is 280 g/mol. The third-order valence-corrected chi connectivity index (χ3v) is 2.78. The van der Waals surface area contributed by atoms with Gasteiger partial charge >= 0.3 is 0 Å². The SMILES string of the molecule is COc1ccc(F)c(NC2=CC(=O)N(CCO)C2=O)c1. The zero-order valence-electron chi connectivity index (χ0n) is 10.7. The lowest BCUT2D eigenvalue weighted by Crippen LogP contribution is -2.34. The molecule has 106 valence electrons. The number of anilines is 1. The molecule has 1 aromatic rings. The average molecular weight is 280 g/mol. The summed E-state index contributed by atoms with van der Waals surface area (Å²) in [6, 6.07) is 4.01. The molecule has 6 nitrogen and oxygen atoms in total. The molecule has 0 unspecified atom stereocenters. The van der Waals surface area contributed by atoms with E-state index < -0.39 is 17.6 Å². The Morgan fingerprint density at radius 3 is 2.80 bits per heavy atom. The van der Waals surface area contributed by atoms with Gasteiger partial charge in [0.05, 0.1) is 25.9 Å². The number of hydrogen-bond acceptors (Lipinski definition) is 5. The van der Waals surface area contributed by atoms with Crippen molar-refractivity contribution in [3.63, 3.8) is 0 Å². The standard InChI is InChI=1S/C13H13FN2O4/c1-20-8-2-3-9(14)10(6-8)15-11-7-12(18)16(4-5-17)13(11)19/h2-3,6-7,15,17H,4-5H2,1H3. The molecule has 2 N–H and O–H groups in total. The summed E-state index contributed by atoms with van der Waals surface area (Å²) in [6.07, 6.45) is 1.07. The van der Waals surface area contributed by atoms with Crippen molar-refractivity contribution < 1.29 is 23.8 Å². The Hall–Kier alpha value is -2.41. The molecule has 0 bridgehead atoms. The first-order valence-electron chi connectivity index (χ1n) is 5.85. The molecule has 0 radical (unpaired) electrons. The fourth-order valence-corrected chi connectivity index (χ4v) is 1.78. The third-order valence-electron chi connectivity index (χ3n) is 2.78. The molecule has 0 saturated heterocycles. The lowest BCUT2D eigenvalue weighted by atomic mass is 10.2. The van der Waals surface area contributed by atoms with Crippen molar-refractivity contribution in [2.75, 3.05) is 25.6 Å². The molecule has 0 fully saturated rings. The Bertz CT molecular complexity index is 586. The number of nitrogens with one attached hydrogen (secondary N) is 1. The van der Waals surface area contributed by atoms with Gasteiger partial charge in [-0.15, -0.1) is 0 Å². The molecule has 1 aromatic carbocycles. The van der Waals surface area contributed by atoms with Gasteiger partial charge in [0.25, 0.3) is 11.8 Å². The summed E-state index contributed by atoms with van der Waals surface area (Å²) in [6.45, 7) is -0.425. The highest BCUT2D eigenvalue weighted by Gasteiger charge is 2.30. The van der Waals surface area contributed by atoms with Crippen molar-refractivity contribution in [2.45, 2.75) is 0 Å². The number of rotatable bonds is 5. The van der Waals surface area contributed by atoms with Crippen LogP contribution in [0.2, 0.25) is 0 Å². The number of imide groups is 1. The molecular weight excluding hydrogens is 267 g/mol. The highest BCUT2D eigenvalue weighted by Crippen LogP contribution is 2.24. The van der Waals surface area contributed by atoms with Crippen molar-refractivity contribution in [1.82, 2.24) is 4.90 Å². The van der Waals surface area contributed by atoms with Crippen LogP contribution in [0.25, 0.3) is 0 Å². The van der Waals surface area contributed by atoms with Gasteiger partial charge in [0, 0.05) is 12.1 Å². The fourth-order valence-electron chi connectivity index (χ4n) is 1.78. The average Bonchev–Trinajstić information content (AvgIpc) is 2.69. The molecule has 20 heavy (non-hydrogen) atoms. The summed E-state index contributed by atoms with van der Waals surface area (Å²) in [7, 11) is 1.43. The maximum absolute atomic E-state index is 13.6. The van der Waals surface area contributed by atoms with Gasteiger partial charge in [-0.1, -0.05) is 0 Å². The van der Waals surface area contributed by atoms with Gasteiger partial charge in [0.1, 0.15) is 17.3 Å². The maximum Gasteiger partial charge on any atom is 0.277 e. The van der Waals surface area contributed by atoms with Crippen LogP contribution in [0.1, 0.15) is 0 Å². The van der Waals surface area contributed by atoms with Crippen LogP contribution < -0.4 is 10.1 Å². The van der Waals surface area contributed by atoms with Crippen LogP contribution in [0.4, 0.5) is 10.1 Å². The Morgan fingerprint density at radius 1 is 1.40 bits per heavy atom. The van der Waals surface area contributed by atoms with E-state index in [0.29, 0.717) is 5.75 Å². The zero-order chi connectivity index (χ0) is 14.7. The quantitative estimate of drug-likeness (QED) is 0.767. The molecule has 1 aliphatic heterocycles. The molecule has 0 atom stereocenters. The minimum Gasteiger partial charge on any atom is -0.497 e. The molecule has 0 aromatic heterocycles. The number of amides is 2. The molecule has 0 saturated carbocycles. The fraction of sp³-hybridized carbons (Fsp3) is 0.231. The van der Waals surface area contributed by atoms with E-state index in [1.54, 1.807) is 0 Å². The summed E-state index contributed by atoms with van der Waals surface area (Å²) >= 11 is 0. The predicted octanol–water partition coefficient (Wildman–Crippen LogP) is 0.491. The van der Waals surface area contributed by atoms with Crippen molar-refractivity contribution >= 4 is 17.5 Å². The number of hydrogen-bond donors (Lipinski definition) is 2. The first kappa shape index (κ1) is 14.0. The summed E-state index contributed by atoms with van der Waals surface area (Å²) < 4.78 is 18.6. The smallest absolute Gasteiger partial charge is 0.277 e. The van der Waals surface area contributed by atoms with E-state index in [9.17, 15) is 14.0 Å². The highest BCUT2D eigenvalue weighted by molar-refractivity contribution is 6.17. The number of aliphatic hydroxyl groups is 1. The van der Waals surface area contributed by atoms with E-state index in [1.165, 1.54) is 25.3 Å². The number of nitrogens with zero attached hydrogens (tertiary/aromatic N) is 1. The summed E-state index contributed by atoms with van der Waals surface area (Å²) in [5.41, 5.74) is -0.0156. The Labute approximate surface area is 114 Å². The normalized spacial score (nSPS) is 14.6. The molecule has 2 amide bonds. The van der Waals surface area contributed by atoms with Crippen LogP contribution in [-0.4, -0.2) is 42.1 Å². The number of carbonyl (C=O) groups is 2. The summed E-state index contributed by atoms with van der Waals surface area (Å²) in [5, 5.41) is 11.3. The first-order chi connectivity index (χ1) is 9.56. The predicted molar refractivity (Wildman–Crippen MR) is 68.5 cm³/mol. The Kier molecular flexibility index (Phi) is 3.99. The molecule has 7 heteroatoms. The first-order valence-corrected chi connectivity index (χ1v) is 5.85. The molecular formula is C13H13FN2O4. The van der Waals surface area contributed by atoms with Crippen molar-refractivity contribution in [2.24, 2.45) is 0 Å². The van der Waals surface area contributed by atoms with Gasteiger partial charge in [-0.2, -0.15) is 0 Å². The van der Waals surface area contributed by atoms with E-state index in [1.807, 2.05) is 0 Å². The Morgan fingerprint density at radius 2 is 2.15 bits per heavy atom. The number of benzene rings is 1. The minimum absolute atomic E-state index is 0.0302. The van der Waals surface area contributed by atoms with Gasteiger partial charge < -0.3 is 15.2 Å². The minimum atomic E-state index is -0.605. The molecule has 1 aliphatic rings. The van der Waals surface area contributed by atoms with E-state index in [0.717, 1.165) is 11.0 Å². The summed E-state index contributed by atoms with van der Waals surface area (Å²) in [5.74, 6) is -1.31. The molecule has 0 aliphatic carbocycles. The largest absolute Gasteiger partial charge is 0.497 e. The second-order valence-electron chi connectivity index (χ2n) is 4.05. The Balaban J connectivity index is 2.21. The number of halogens is 1. The van der Waals surface area contributed by atoms with Crippen LogP contribution in [-0.2, 0) is 9.59 Å². The van der Waals surface area contributed by atoms with Gasteiger partial charge in [0.15, 0.2) is 0 Å². The lowest BCUT2D eigenvalue weighted by molar-refractivity contribution is -0.137. The molecule has 1 heterocycles. The maximum atomic E-state index is 13.6. The van der Waals surface area contributed by atoms with E-state index in [2.05, 4.69) is 5.32 Å². The van der Waals surface area contributed by atoms with Gasteiger partial charge in [-0.05, 0) is 12.1 Å². The van der Waals surface area contributed by atoms with Crippen molar-refractivity contribution in [3.05, 3.63) is 35.8 Å². The van der Waals surface area contributed by atoms with Gasteiger partial charge in [-0.25, -0.2) is 4.39 Å². The van der Waals surface area contributed by atoms with Crippen molar-refractivity contribution in [1.29, 1.82) is 0 Å². The number of carbonyl (C=O) groups excluding carboxylic acids is 2. The van der Waals surface area contributed by atoms with Crippen LogP contribution in [0.15, 0.2) is 30.0 Å². The number of aliphatic hydroxyl groups excluding tert-OH is 1. The van der Waals surface area contributed by atoms with Gasteiger partial charge in [-0.3, -0.25) is 14.5 Å². The van der Waals surface area contributed by atoms with E-state index >= 15 is 0 Å². The second kappa shape index (κ2) is 5.70. The van der Waals surface area contributed by atoms with Gasteiger partial charge in [0.2, 0.25) is 0 Å². The highest BCUT2D eigenvalue weighted by atomic mass is 19.1. The zero-order valence-corrected chi connectivity index (χ0v) is 10.7. The van der Waals surface area contributed by atoms with E-state index in [-0.39, 0.29) is 24.5 Å². The van der Waals surface area contributed by atoms with Crippen LogP contribution in [0, 0.1) is 5.82 Å². The number of methoxy groups -OCH3 is 1. The summed E-state index contributed by atoms with van der Waals surface area (Å²) in [4.78, 5) is 24.3. The number of ether oxygens (including phenoxy) is 1. The van der Waals surface area contributed by atoms with Crippen molar-refractivity contribution in [3.8, 4) is 5.75 Å². The van der Waals surface area contributed by atoms with Crippen LogP contribution >= 0.6 is 0 Å². The van der Waals surface area contributed by atoms with Crippen LogP contribution in [0.3, 0.4) is 0 Å². The topological polar surface area (TPSA) is 78.9 Å². The second-order valence-corrected chi connectivity index (χ2v) is 4.05.